The van der Waals surface area contributed by atoms with Crippen LogP contribution < -0.4 is 0 Å². The quantitative estimate of drug-likeness (QED) is 0.728. The number of fused-ring (bicyclic) bond motifs is 1. The number of carbonyl (C=O) groups is 1. The molecule has 0 unspecified atom stereocenters. The first-order valence-electron chi connectivity index (χ1n) is 9.21. The third kappa shape index (κ3) is 3.41. The van der Waals surface area contributed by atoms with Crippen LogP contribution in [0.5, 0.6) is 0 Å². The van der Waals surface area contributed by atoms with E-state index >= 15 is 0 Å². The van der Waals surface area contributed by atoms with Crippen LogP contribution in [0.4, 0.5) is 0 Å². The topological polar surface area (TPSA) is 86.4 Å². The number of nitrogens with zero attached hydrogens (tertiary/aromatic N) is 3. The van der Waals surface area contributed by atoms with E-state index in [1.54, 1.807) is 23.2 Å². The summed E-state index contributed by atoms with van der Waals surface area (Å²) in [6.07, 6.45) is 3.45. The normalized spacial score (nSPS) is 15.8. The van der Waals surface area contributed by atoms with Crippen molar-refractivity contribution in [1.82, 2.24) is 19.2 Å². The summed E-state index contributed by atoms with van der Waals surface area (Å²) in [4.78, 5) is 21.7. The Kier molecular flexibility index (Phi) is 4.91. The number of rotatable bonds is 4. The Labute approximate surface area is 164 Å². The Morgan fingerprint density at radius 1 is 1.11 bits per heavy atom. The molecule has 1 amide bonds. The van der Waals surface area contributed by atoms with E-state index in [0.29, 0.717) is 30.5 Å². The summed E-state index contributed by atoms with van der Waals surface area (Å²) in [5, 5.41) is 0.584. The van der Waals surface area contributed by atoms with Crippen molar-refractivity contribution in [2.75, 3.05) is 26.2 Å². The molecule has 2 aromatic heterocycles. The molecule has 0 aliphatic carbocycles. The lowest BCUT2D eigenvalue weighted by molar-refractivity contribution is -0.131. The van der Waals surface area contributed by atoms with Crippen molar-refractivity contribution >= 4 is 27.0 Å². The van der Waals surface area contributed by atoms with Crippen LogP contribution in [0.15, 0.2) is 53.7 Å². The molecular weight excluding hydrogens is 376 g/mol. The summed E-state index contributed by atoms with van der Waals surface area (Å²) in [6.45, 7) is 3.35. The Morgan fingerprint density at radius 3 is 2.61 bits per heavy atom. The zero-order chi connectivity index (χ0) is 19.7. The van der Waals surface area contributed by atoms with Gasteiger partial charge in [-0.3, -0.25) is 4.79 Å². The minimum Gasteiger partial charge on any atom is -0.345 e. The van der Waals surface area contributed by atoms with E-state index in [-0.39, 0.29) is 23.9 Å². The highest BCUT2D eigenvalue weighted by molar-refractivity contribution is 7.89. The minimum absolute atomic E-state index is 0.0302. The van der Waals surface area contributed by atoms with Gasteiger partial charge in [0.1, 0.15) is 10.5 Å². The van der Waals surface area contributed by atoms with Gasteiger partial charge in [0.15, 0.2) is 0 Å². The third-order valence-electron chi connectivity index (χ3n) is 5.23. The van der Waals surface area contributed by atoms with Crippen molar-refractivity contribution < 1.29 is 13.2 Å². The number of aryl methyl sites for hydroxylation is 1. The number of aromatic nitrogens is 2. The number of hydrogen-bond acceptors (Lipinski definition) is 4. The molecule has 1 aliphatic rings. The molecule has 0 radical (unpaired) electrons. The van der Waals surface area contributed by atoms with Crippen molar-refractivity contribution in [3.8, 4) is 0 Å². The minimum atomic E-state index is -3.64. The number of H-pyrrole nitrogens is 1. The smallest absolute Gasteiger partial charge is 0.245 e. The predicted octanol–water partition coefficient (Wildman–Crippen LogP) is 1.95. The number of carbonyl (C=O) groups excluding carboxylic acids is 1. The molecule has 3 aromatic rings. The Hall–Kier alpha value is -2.71. The number of nitrogens with one attached hydrogen (secondary N) is 1. The molecule has 7 nitrogen and oxygen atoms in total. The first kappa shape index (κ1) is 18.6. The van der Waals surface area contributed by atoms with Crippen LogP contribution in [0.2, 0.25) is 0 Å². The van der Waals surface area contributed by atoms with E-state index in [4.69, 9.17) is 0 Å². The van der Waals surface area contributed by atoms with E-state index in [0.717, 1.165) is 11.1 Å². The second-order valence-electron chi connectivity index (χ2n) is 6.94. The van der Waals surface area contributed by atoms with Crippen molar-refractivity contribution in [2.24, 2.45) is 0 Å². The molecule has 1 N–H and O–H groups in total. The van der Waals surface area contributed by atoms with Crippen LogP contribution in [-0.4, -0.2) is 59.7 Å². The maximum absolute atomic E-state index is 13.0. The number of amides is 1. The van der Waals surface area contributed by atoms with E-state index in [1.165, 1.54) is 10.5 Å². The molecule has 8 heteroatoms. The standard InChI is InChI=1S/C20H22N4O3S/c1-15-5-2-3-6-16(15)13-19(25)23-9-11-24(12-10-23)28(26,27)18-14-22-20-17(18)7-4-8-21-20/h2-8,14H,9-13H2,1H3,(H,21,22). The van der Waals surface area contributed by atoms with E-state index in [2.05, 4.69) is 9.97 Å². The van der Waals surface area contributed by atoms with Crippen LogP contribution in [-0.2, 0) is 21.2 Å². The fraction of sp³-hybridized carbons (Fsp3) is 0.300. The molecule has 1 saturated heterocycles. The van der Waals surface area contributed by atoms with Gasteiger partial charge in [-0.2, -0.15) is 4.31 Å². The Balaban J connectivity index is 1.45. The molecule has 1 aliphatic heterocycles. The largest absolute Gasteiger partial charge is 0.345 e. The second kappa shape index (κ2) is 7.37. The van der Waals surface area contributed by atoms with Crippen molar-refractivity contribution in [1.29, 1.82) is 0 Å². The van der Waals surface area contributed by atoms with Crippen molar-refractivity contribution in [2.45, 2.75) is 18.2 Å². The number of aromatic amines is 1. The van der Waals surface area contributed by atoms with Gasteiger partial charge in [0.05, 0.1) is 6.42 Å². The van der Waals surface area contributed by atoms with Gasteiger partial charge in [-0.1, -0.05) is 24.3 Å². The summed E-state index contributed by atoms with van der Waals surface area (Å²) >= 11 is 0. The Morgan fingerprint density at radius 2 is 1.86 bits per heavy atom. The molecule has 1 aromatic carbocycles. The number of piperazine rings is 1. The highest BCUT2D eigenvalue weighted by atomic mass is 32.2. The highest BCUT2D eigenvalue weighted by Crippen LogP contribution is 2.25. The van der Waals surface area contributed by atoms with Crippen LogP contribution in [0, 0.1) is 6.92 Å². The number of pyridine rings is 1. The van der Waals surface area contributed by atoms with Gasteiger partial charge in [-0.15, -0.1) is 0 Å². The maximum atomic E-state index is 13.0. The molecule has 1 fully saturated rings. The predicted molar refractivity (Wildman–Crippen MR) is 106 cm³/mol. The third-order valence-corrected chi connectivity index (χ3v) is 7.16. The lowest BCUT2D eigenvalue weighted by Gasteiger charge is -2.34. The molecule has 146 valence electrons. The zero-order valence-electron chi connectivity index (χ0n) is 15.6. The maximum Gasteiger partial charge on any atom is 0.245 e. The van der Waals surface area contributed by atoms with Crippen LogP contribution in [0.3, 0.4) is 0 Å². The van der Waals surface area contributed by atoms with Crippen molar-refractivity contribution in [3.63, 3.8) is 0 Å². The van der Waals surface area contributed by atoms with Crippen LogP contribution in [0.25, 0.3) is 11.0 Å². The molecule has 3 heterocycles. The van der Waals surface area contributed by atoms with Gasteiger partial charge in [0, 0.05) is 44.0 Å². The van der Waals surface area contributed by atoms with Gasteiger partial charge in [0.25, 0.3) is 0 Å². The number of benzene rings is 1. The molecule has 28 heavy (non-hydrogen) atoms. The molecule has 0 atom stereocenters. The second-order valence-corrected chi connectivity index (χ2v) is 8.85. The Bertz CT molecular complexity index is 1120. The van der Waals surface area contributed by atoms with Crippen LogP contribution in [0.1, 0.15) is 11.1 Å². The molecule has 0 bridgehead atoms. The number of hydrogen-bond donors (Lipinski definition) is 1. The monoisotopic (exact) mass is 398 g/mol. The summed E-state index contributed by atoms with van der Waals surface area (Å²) < 4.78 is 27.5. The average Bonchev–Trinajstić information content (AvgIpc) is 3.15. The van der Waals surface area contributed by atoms with Gasteiger partial charge in [-0.25, -0.2) is 13.4 Å². The van der Waals surface area contributed by atoms with Crippen LogP contribution >= 0.6 is 0 Å². The fourth-order valence-electron chi connectivity index (χ4n) is 3.54. The summed E-state index contributed by atoms with van der Waals surface area (Å²) in [5.74, 6) is 0.0302. The first-order valence-corrected chi connectivity index (χ1v) is 10.7. The molecule has 4 rings (SSSR count). The van der Waals surface area contributed by atoms with Gasteiger partial charge in [0.2, 0.25) is 15.9 Å². The number of sulfonamides is 1. The zero-order valence-corrected chi connectivity index (χ0v) is 16.4. The average molecular weight is 398 g/mol. The summed E-state index contributed by atoms with van der Waals surface area (Å²) in [5.41, 5.74) is 2.65. The van der Waals surface area contributed by atoms with E-state index in [1.807, 2.05) is 31.2 Å². The summed E-state index contributed by atoms with van der Waals surface area (Å²) in [7, 11) is -3.64. The lowest BCUT2D eigenvalue weighted by atomic mass is 10.1. The fourth-order valence-corrected chi connectivity index (χ4v) is 5.12. The van der Waals surface area contributed by atoms with E-state index < -0.39 is 10.0 Å². The highest BCUT2D eigenvalue weighted by Gasteiger charge is 2.31. The van der Waals surface area contributed by atoms with Gasteiger partial charge < -0.3 is 9.88 Å². The molecule has 0 saturated carbocycles. The summed E-state index contributed by atoms with van der Waals surface area (Å²) in [6, 6.07) is 11.3. The molecule has 0 spiro atoms. The van der Waals surface area contributed by atoms with E-state index in [9.17, 15) is 13.2 Å². The molecular formula is C20H22N4O3S. The SMILES string of the molecule is Cc1ccccc1CC(=O)N1CCN(S(=O)(=O)c2c[nH]c3ncccc23)CC1. The lowest BCUT2D eigenvalue weighted by Crippen LogP contribution is -2.50. The van der Waals surface area contributed by atoms with Crippen molar-refractivity contribution in [3.05, 3.63) is 59.9 Å². The first-order chi connectivity index (χ1) is 13.5. The van der Waals surface area contributed by atoms with Gasteiger partial charge in [-0.05, 0) is 30.2 Å². The van der Waals surface area contributed by atoms with Gasteiger partial charge >= 0.3 is 0 Å².